The van der Waals surface area contributed by atoms with Gasteiger partial charge >= 0.3 is 0 Å². The van der Waals surface area contributed by atoms with Crippen molar-refractivity contribution in [2.24, 2.45) is 0 Å². The number of amides is 1. The largest absolute Gasteiger partial charge is 0.497 e. The van der Waals surface area contributed by atoms with Gasteiger partial charge in [-0.3, -0.25) is 4.79 Å². The quantitative estimate of drug-likeness (QED) is 0.814. The Morgan fingerprint density at radius 1 is 1.14 bits per heavy atom. The highest BCUT2D eigenvalue weighted by Gasteiger charge is 2.35. The minimum absolute atomic E-state index is 0.00688. The van der Waals surface area contributed by atoms with E-state index < -0.39 is 6.10 Å². The normalized spacial score (nSPS) is 21.5. The molecule has 1 fully saturated rings. The molecule has 2 aromatic carbocycles. The first-order valence-corrected chi connectivity index (χ1v) is 10.3. The third kappa shape index (κ3) is 4.07. The van der Waals surface area contributed by atoms with Crippen LogP contribution in [0, 0.1) is 0 Å². The number of hydrogen-bond acceptors (Lipinski definition) is 4. The number of nitrogens with zero attached hydrogens (tertiary/aromatic N) is 1. The maximum atomic E-state index is 13.7. The van der Waals surface area contributed by atoms with Crippen molar-refractivity contribution in [2.45, 2.75) is 31.9 Å². The zero-order valence-corrected chi connectivity index (χ0v) is 17.1. The third-order valence-corrected chi connectivity index (χ3v) is 5.63. The number of para-hydroxylation sites is 1. The highest BCUT2D eigenvalue weighted by atomic mass is 16.5. The van der Waals surface area contributed by atoms with Crippen molar-refractivity contribution in [3.05, 3.63) is 59.7 Å². The maximum absolute atomic E-state index is 13.7. The first-order valence-electron chi connectivity index (χ1n) is 10.3. The van der Waals surface area contributed by atoms with Crippen molar-refractivity contribution in [1.29, 1.82) is 0 Å². The summed E-state index contributed by atoms with van der Waals surface area (Å²) in [4.78, 5) is 15.6. The van der Waals surface area contributed by atoms with Gasteiger partial charge in [0.05, 0.1) is 12.8 Å². The van der Waals surface area contributed by atoms with Crippen LogP contribution in [-0.2, 0) is 9.53 Å². The average molecular weight is 392 g/mol. The molecule has 2 aliphatic rings. The Morgan fingerprint density at radius 2 is 1.93 bits per heavy atom. The van der Waals surface area contributed by atoms with E-state index >= 15 is 0 Å². The topological polar surface area (TPSA) is 50.8 Å². The average Bonchev–Trinajstić information content (AvgIpc) is 3.24. The summed E-state index contributed by atoms with van der Waals surface area (Å²) in [6.45, 7) is 4.07. The molecule has 2 aromatic rings. The zero-order valence-electron chi connectivity index (χ0n) is 17.1. The van der Waals surface area contributed by atoms with Crippen LogP contribution in [0.3, 0.4) is 0 Å². The molecule has 0 aliphatic carbocycles. The second-order valence-corrected chi connectivity index (χ2v) is 7.46. The summed E-state index contributed by atoms with van der Waals surface area (Å²) in [5.74, 6) is 0.782. The van der Waals surface area contributed by atoms with Crippen molar-refractivity contribution in [3.63, 3.8) is 0 Å². The molecule has 4 rings (SSSR count). The summed E-state index contributed by atoms with van der Waals surface area (Å²) in [6.07, 6.45) is 3.70. The number of ether oxygens (including phenoxy) is 2. The Labute approximate surface area is 172 Å². The summed E-state index contributed by atoms with van der Waals surface area (Å²) < 4.78 is 11.3. The van der Waals surface area contributed by atoms with E-state index in [1.807, 2.05) is 54.3 Å². The van der Waals surface area contributed by atoms with Gasteiger partial charge in [-0.1, -0.05) is 30.3 Å². The third-order valence-electron chi connectivity index (χ3n) is 5.63. The number of rotatable bonds is 6. The Morgan fingerprint density at radius 3 is 2.62 bits per heavy atom. The van der Waals surface area contributed by atoms with Crippen molar-refractivity contribution >= 4 is 23.2 Å². The molecule has 0 bridgehead atoms. The van der Waals surface area contributed by atoms with Gasteiger partial charge in [-0.15, -0.1) is 0 Å². The molecule has 1 saturated heterocycles. The molecule has 0 aromatic heterocycles. The predicted octanol–water partition coefficient (Wildman–Crippen LogP) is 3.74. The number of benzene rings is 2. The Kier molecular flexibility index (Phi) is 5.97. The molecule has 0 radical (unpaired) electrons. The molecular weight excluding hydrogens is 364 g/mol. The lowest BCUT2D eigenvalue weighted by molar-refractivity contribution is -0.126. The van der Waals surface area contributed by atoms with Gasteiger partial charge in [-0.2, -0.15) is 0 Å². The molecule has 29 heavy (non-hydrogen) atoms. The zero-order chi connectivity index (χ0) is 20.2. The van der Waals surface area contributed by atoms with Gasteiger partial charge in [0.1, 0.15) is 5.75 Å². The van der Waals surface area contributed by atoms with E-state index in [9.17, 15) is 4.79 Å². The molecule has 2 aliphatic heterocycles. The lowest BCUT2D eigenvalue weighted by atomic mass is 9.98. The summed E-state index contributed by atoms with van der Waals surface area (Å²) in [7, 11) is 1.65. The molecule has 2 unspecified atom stereocenters. The standard InChI is InChI=1S/C24H28N2O3/c1-3-29-23-21(17-10-12-20(28-2)13-11-17)15-18-7-4-5-9-22(18)26(24(23)27)16-19-8-6-14-25-19/h4-5,7,9-13,15,19,23,25H,3,6,8,14,16H2,1-2H3. The molecule has 0 spiro atoms. The van der Waals surface area contributed by atoms with Gasteiger partial charge in [0.25, 0.3) is 5.91 Å². The van der Waals surface area contributed by atoms with E-state index in [0.717, 1.165) is 47.5 Å². The summed E-state index contributed by atoms with van der Waals surface area (Å²) >= 11 is 0. The van der Waals surface area contributed by atoms with Gasteiger partial charge in [0.2, 0.25) is 0 Å². The number of nitrogens with one attached hydrogen (secondary N) is 1. The van der Waals surface area contributed by atoms with Crippen LogP contribution >= 0.6 is 0 Å². The Balaban J connectivity index is 1.77. The van der Waals surface area contributed by atoms with Crippen molar-refractivity contribution in [2.75, 3.05) is 31.7 Å². The van der Waals surface area contributed by atoms with E-state index in [1.165, 1.54) is 0 Å². The van der Waals surface area contributed by atoms with Gasteiger partial charge in [-0.25, -0.2) is 0 Å². The van der Waals surface area contributed by atoms with Crippen LogP contribution < -0.4 is 15.0 Å². The van der Waals surface area contributed by atoms with Gasteiger partial charge in [0, 0.05) is 19.2 Å². The first-order chi connectivity index (χ1) is 14.2. The van der Waals surface area contributed by atoms with Crippen LogP contribution in [0.15, 0.2) is 48.5 Å². The van der Waals surface area contributed by atoms with E-state index in [2.05, 4.69) is 17.5 Å². The second kappa shape index (κ2) is 8.80. The van der Waals surface area contributed by atoms with Crippen molar-refractivity contribution < 1.29 is 14.3 Å². The van der Waals surface area contributed by atoms with Crippen LogP contribution in [0.2, 0.25) is 0 Å². The van der Waals surface area contributed by atoms with Crippen LogP contribution in [0.1, 0.15) is 30.9 Å². The van der Waals surface area contributed by atoms with Crippen LogP contribution in [0.25, 0.3) is 11.6 Å². The molecule has 1 amide bonds. The van der Waals surface area contributed by atoms with Crippen molar-refractivity contribution in [1.82, 2.24) is 5.32 Å². The molecule has 1 N–H and O–H groups in total. The first kappa shape index (κ1) is 19.7. The Bertz CT molecular complexity index is 885. The van der Waals surface area contributed by atoms with E-state index in [-0.39, 0.29) is 5.91 Å². The number of carbonyl (C=O) groups is 1. The summed E-state index contributed by atoms with van der Waals surface area (Å²) in [5, 5.41) is 3.51. The number of methoxy groups -OCH3 is 1. The van der Waals surface area contributed by atoms with Crippen LogP contribution in [0.5, 0.6) is 5.75 Å². The maximum Gasteiger partial charge on any atom is 0.260 e. The minimum atomic E-state index is -0.637. The fraction of sp³-hybridized carbons (Fsp3) is 0.375. The molecule has 5 heteroatoms. The second-order valence-electron chi connectivity index (χ2n) is 7.46. The van der Waals surface area contributed by atoms with Gasteiger partial charge in [-0.05, 0) is 67.3 Å². The number of hydrogen-bond donors (Lipinski definition) is 1. The minimum Gasteiger partial charge on any atom is -0.497 e. The van der Waals surface area contributed by atoms with Crippen LogP contribution in [-0.4, -0.2) is 44.9 Å². The summed E-state index contributed by atoms with van der Waals surface area (Å²) in [5.41, 5.74) is 3.83. The van der Waals surface area contributed by atoms with Crippen molar-refractivity contribution in [3.8, 4) is 5.75 Å². The molecule has 152 valence electrons. The molecular formula is C24H28N2O3. The van der Waals surface area contributed by atoms with E-state index in [1.54, 1.807) is 7.11 Å². The number of carbonyl (C=O) groups excluding carboxylic acids is 1. The fourth-order valence-electron chi connectivity index (χ4n) is 4.16. The lowest BCUT2D eigenvalue weighted by Crippen LogP contribution is -2.46. The predicted molar refractivity (Wildman–Crippen MR) is 116 cm³/mol. The highest BCUT2D eigenvalue weighted by Crippen LogP contribution is 2.35. The highest BCUT2D eigenvalue weighted by molar-refractivity contribution is 6.11. The van der Waals surface area contributed by atoms with Gasteiger partial charge in [0.15, 0.2) is 6.10 Å². The molecule has 2 heterocycles. The molecule has 0 saturated carbocycles. The molecule has 2 atom stereocenters. The summed E-state index contributed by atoms with van der Waals surface area (Å²) in [6, 6.07) is 16.2. The molecule has 5 nitrogen and oxygen atoms in total. The Hall–Kier alpha value is -2.63. The van der Waals surface area contributed by atoms with E-state index in [4.69, 9.17) is 9.47 Å². The van der Waals surface area contributed by atoms with Gasteiger partial charge < -0.3 is 19.7 Å². The monoisotopic (exact) mass is 392 g/mol. The fourth-order valence-corrected chi connectivity index (χ4v) is 4.16. The lowest BCUT2D eigenvalue weighted by Gasteiger charge is -2.29. The SMILES string of the molecule is CCOC1C(=O)N(CC2CCCN2)c2ccccc2C=C1c1ccc(OC)cc1. The number of anilines is 1. The number of fused-ring (bicyclic) bond motifs is 1. The van der Waals surface area contributed by atoms with E-state index in [0.29, 0.717) is 19.2 Å². The smallest absolute Gasteiger partial charge is 0.260 e. The van der Waals surface area contributed by atoms with Crippen LogP contribution in [0.4, 0.5) is 5.69 Å².